The summed E-state index contributed by atoms with van der Waals surface area (Å²) in [5, 5.41) is 2.99. The summed E-state index contributed by atoms with van der Waals surface area (Å²) in [5.74, 6) is 2.24. The number of benzene rings is 2. The standard InChI is InChI=1S/C24H28N4O3/c1-17-5-4-6-20(15-17)25-24(29)28-13-11-27(12-14-28)16-22-18(2)31-23(26-22)19-7-9-21(30-3)10-8-19/h4-10,15H,11-14,16H2,1-3H3,(H,25,29). The number of hydrogen-bond acceptors (Lipinski definition) is 5. The van der Waals surface area contributed by atoms with Gasteiger partial charge in [0.25, 0.3) is 0 Å². The van der Waals surface area contributed by atoms with Crippen LogP contribution >= 0.6 is 0 Å². The fourth-order valence-electron chi connectivity index (χ4n) is 3.68. The number of amides is 2. The van der Waals surface area contributed by atoms with Gasteiger partial charge in [-0.3, -0.25) is 4.90 Å². The van der Waals surface area contributed by atoms with Gasteiger partial charge >= 0.3 is 6.03 Å². The first-order valence-electron chi connectivity index (χ1n) is 10.5. The zero-order valence-corrected chi connectivity index (χ0v) is 18.2. The van der Waals surface area contributed by atoms with Crippen molar-refractivity contribution in [2.24, 2.45) is 0 Å². The van der Waals surface area contributed by atoms with Crippen molar-refractivity contribution in [2.45, 2.75) is 20.4 Å². The molecule has 0 spiro atoms. The lowest BCUT2D eigenvalue weighted by molar-refractivity contribution is 0.141. The van der Waals surface area contributed by atoms with Crippen LogP contribution in [0.3, 0.4) is 0 Å². The van der Waals surface area contributed by atoms with Crippen molar-refractivity contribution in [1.82, 2.24) is 14.8 Å². The van der Waals surface area contributed by atoms with Gasteiger partial charge in [-0.25, -0.2) is 9.78 Å². The summed E-state index contributed by atoms with van der Waals surface area (Å²) in [6.45, 7) is 7.62. The average molecular weight is 421 g/mol. The molecule has 1 aliphatic rings. The van der Waals surface area contributed by atoms with Crippen molar-refractivity contribution in [3.05, 3.63) is 65.5 Å². The summed E-state index contributed by atoms with van der Waals surface area (Å²) < 4.78 is 11.1. The second-order valence-corrected chi connectivity index (χ2v) is 7.81. The minimum absolute atomic E-state index is 0.0512. The first kappa shape index (κ1) is 20.9. The Morgan fingerprint density at radius 1 is 1.10 bits per heavy atom. The van der Waals surface area contributed by atoms with Crippen LogP contribution in [-0.4, -0.2) is 54.1 Å². The van der Waals surface area contributed by atoms with E-state index in [1.807, 2.05) is 67.3 Å². The van der Waals surface area contributed by atoms with Gasteiger partial charge in [0.2, 0.25) is 5.89 Å². The lowest BCUT2D eigenvalue weighted by Gasteiger charge is -2.34. The van der Waals surface area contributed by atoms with Crippen LogP contribution in [0.1, 0.15) is 17.0 Å². The molecule has 2 aromatic carbocycles. The highest BCUT2D eigenvalue weighted by atomic mass is 16.5. The predicted octanol–water partition coefficient (Wildman–Crippen LogP) is 4.32. The number of hydrogen-bond donors (Lipinski definition) is 1. The first-order valence-corrected chi connectivity index (χ1v) is 10.5. The van der Waals surface area contributed by atoms with Gasteiger partial charge in [0.05, 0.1) is 12.8 Å². The van der Waals surface area contributed by atoms with Crippen LogP contribution in [0.25, 0.3) is 11.5 Å². The number of rotatable bonds is 5. The van der Waals surface area contributed by atoms with Crippen molar-refractivity contribution in [1.29, 1.82) is 0 Å². The molecule has 1 saturated heterocycles. The van der Waals surface area contributed by atoms with Gasteiger partial charge in [0.1, 0.15) is 11.5 Å². The molecule has 0 bridgehead atoms. The minimum Gasteiger partial charge on any atom is -0.497 e. The molecule has 7 heteroatoms. The first-order chi connectivity index (χ1) is 15.0. The Kier molecular flexibility index (Phi) is 6.23. The maximum Gasteiger partial charge on any atom is 0.321 e. The number of anilines is 1. The molecule has 0 saturated carbocycles. The van der Waals surface area contributed by atoms with Gasteiger partial charge in [-0.15, -0.1) is 0 Å². The van der Waals surface area contributed by atoms with E-state index < -0.39 is 0 Å². The second-order valence-electron chi connectivity index (χ2n) is 7.81. The Morgan fingerprint density at radius 2 is 1.84 bits per heavy atom. The van der Waals surface area contributed by atoms with Crippen LogP contribution in [0.2, 0.25) is 0 Å². The lowest BCUT2D eigenvalue weighted by atomic mass is 10.2. The minimum atomic E-state index is -0.0512. The normalized spacial score (nSPS) is 14.5. The molecule has 1 N–H and O–H groups in total. The molecule has 0 radical (unpaired) electrons. The molecule has 4 rings (SSSR count). The maximum atomic E-state index is 12.6. The number of urea groups is 1. The van der Waals surface area contributed by atoms with Gasteiger partial charge in [0, 0.05) is 44.0 Å². The Morgan fingerprint density at radius 3 is 2.52 bits per heavy atom. The summed E-state index contributed by atoms with van der Waals surface area (Å²) in [4.78, 5) is 21.4. The van der Waals surface area contributed by atoms with Crippen molar-refractivity contribution >= 4 is 11.7 Å². The molecule has 0 aliphatic carbocycles. The summed E-state index contributed by atoms with van der Waals surface area (Å²) in [5.41, 5.74) is 3.81. The predicted molar refractivity (Wildman–Crippen MR) is 120 cm³/mol. The van der Waals surface area contributed by atoms with Gasteiger partial charge < -0.3 is 19.4 Å². The van der Waals surface area contributed by atoms with E-state index in [0.717, 1.165) is 47.1 Å². The number of nitrogens with zero attached hydrogens (tertiary/aromatic N) is 3. The average Bonchev–Trinajstić information content (AvgIpc) is 3.14. The fraction of sp³-hybridized carbons (Fsp3) is 0.333. The monoisotopic (exact) mass is 420 g/mol. The molecule has 1 fully saturated rings. The van der Waals surface area contributed by atoms with E-state index in [0.29, 0.717) is 25.5 Å². The Labute approximate surface area is 182 Å². The van der Waals surface area contributed by atoms with Crippen molar-refractivity contribution in [3.8, 4) is 17.2 Å². The molecule has 7 nitrogen and oxygen atoms in total. The van der Waals surface area contributed by atoms with Crippen LogP contribution in [0.4, 0.5) is 10.5 Å². The van der Waals surface area contributed by atoms with E-state index >= 15 is 0 Å². The van der Waals surface area contributed by atoms with Gasteiger partial charge in [0.15, 0.2) is 0 Å². The molecule has 162 valence electrons. The lowest BCUT2D eigenvalue weighted by Crippen LogP contribution is -2.49. The molecule has 1 aliphatic heterocycles. The number of ether oxygens (including phenoxy) is 1. The van der Waals surface area contributed by atoms with E-state index in [-0.39, 0.29) is 6.03 Å². The SMILES string of the molecule is COc1ccc(-c2nc(CN3CCN(C(=O)Nc4cccc(C)c4)CC3)c(C)o2)cc1. The highest BCUT2D eigenvalue weighted by molar-refractivity contribution is 5.89. The molecule has 2 amide bonds. The maximum absolute atomic E-state index is 12.6. The smallest absolute Gasteiger partial charge is 0.321 e. The van der Waals surface area contributed by atoms with Gasteiger partial charge in [-0.1, -0.05) is 12.1 Å². The van der Waals surface area contributed by atoms with E-state index in [2.05, 4.69) is 10.2 Å². The summed E-state index contributed by atoms with van der Waals surface area (Å²) in [6.07, 6.45) is 0. The number of methoxy groups -OCH3 is 1. The number of oxazole rings is 1. The van der Waals surface area contributed by atoms with E-state index in [9.17, 15) is 4.79 Å². The quantitative estimate of drug-likeness (QED) is 0.666. The number of carbonyl (C=O) groups excluding carboxylic acids is 1. The third-order valence-electron chi connectivity index (χ3n) is 5.53. The molecule has 3 aromatic rings. The zero-order chi connectivity index (χ0) is 21.8. The summed E-state index contributed by atoms with van der Waals surface area (Å²) >= 11 is 0. The summed E-state index contributed by atoms with van der Waals surface area (Å²) in [6, 6.07) is 15.5. The molecular weight excluding hydrogens is 392 g/mol. The molecule has 0 atom stereocenters. The highest BCUT2D eigenvalue weighted by Crippen LogP contribution is 2.25. The van der Waals surface area contributed by atoms with Crippen molar-refractivity contribution in [3.63, 3.8) is 0 Å². The largest absolute Gasteiger partial charge is 0.497 e. The topological polar surface area (TPSA) is 70.8 Å². The summed E-state index contributed by atoms with van der Waals surface area (Å²) in [7, 11) is 1.65. The van der Waals surface area contributed by atoms with Gasteiger partial charge in [-0.2, -0.15) is 0 Å². The van der Waals surface area contributed by atoms with E-state index in [1.165, 1.54) is 0 Å². The third kappa shape index (κ3) is 5.06. The van der Waals surface area contributed by atoms with Gasteiger partial charge in [-0.05, 0) is 55.8 Å². The molecule has 1 aromatic heterocycles. The Balaban J connectivity index is 1.32. The van der Waals surface area contributed by atoms with Crippen LogP contribution in [0, 0.1) is 13.8 Å². The fourth-order valence-corrected chi connectivity index (χ4v) is 3.68. The second kappa shape index (κ2) is 9.22. The number of aromatic nitrogens is 1. The highest BCUT2D eigenvalue weighted by Gasteiger charge is 2.23. The van der Waals surface area contributed by atoms with E-state index in [1.54, 1.807) is 7.11 Å². The number of nitrogens with one attached hydrogen (secondary N) is 1. The van der Waals surface area contributed by atoms with Crippen LogP contribution in [-0.2, 0) is 6.54 Å². The molecule has 2 heterocycles. The Bertz CT molecular complexity index is 1040. The van der Waals surface area contributed by atoms with Crippen molar-refractivity contribution in [2.75, 3.05) is 38.6 Å². The molecule has 31 heavy (non-hydrogen) atoms. The zero-order valence-electron chi connectivity index (χ0n) is 18.2. The Hall–Kier alpha value is -3.32. The number of piperazine rings is 1. The number of aryl methyl sites for hydroxylation is 2. The molecular formula is C24H28N4O3. The van der Waals surface area contributed by atoms with Crippen molar-refractivity contribution < 1.29 is 13.9 Å². The molecule has 0 unspecified atom stereocenters. The van der Waals surface area contributed by atoms with Crippen LogP contribution in [0.5, 0.6) is 5.75 Å². The van der Waals surface area contributed by atoms with Crippen LogP contribution in [0.15, 0.2) is 52.9 Å². The third-order valence-corrected chi connectivity index (χ3v) is 5.53. The van der Waals surface area contributed by atoms with Crippen LogP contribution < -0.4 is 10.1 Å². The number of carbonyl (C=O) groups is 1. The van der Waals surface area contributed by atoms with E-state index in [4.69, 9.17) is 14.1 Å².